The van der Waals surface area contributed by atoms with E-state index in [-0.39, 0.29) is 0 Å². The summed E-state index contributed by atoms with van der Waals surface area (Å²) in [6, 6.07) is 19.5. The molecule has 0 atom stereocenters. The van der Waals surface area contributed by atoms with Crippen LogP contribution in [0.5, 0.6) is 0 Å². The van der Waals surface area contributed by atoms with Crippen LogP contribution in [0.4, 0.5) is 0 Å². The Balaban J connectivity index is 1.72. The molecule has 6 rings (SSSR count). The number of hydrogen-bond donors (Lipinski definition) is 0. The summed E-state index contributed by atoms with van der Waals surface area (Å²) in [6.45, 7) is 11.8. The molecule has 37 heavy (non-hydrogen) atoms. The van der Waals surface area contributed by atoms with Gasteiger partial charge in [0.1, 0.15) is 23.3 Å². The van der Waals surface area contributed by atoms with Gasteiger partial charge in [-0.15, -0.1) is 0 Å². The predicted octanol–water partition coefficient (Wildman–Crippen LogP) is 6.34. The monoisotopic (exact) mass is 485 g/mol. The van der Waals surface area contributed by atoms with Gasteiger partial charge in [0.05, 0.1) is 16.7 Å². The zero-order chi connectivity index (χ0) is 25.8. The molecule has 0 amide bonds. The maximum absolute atomic E-state index is 4.75. The van der Waals surface area contributed by atoms with Gasteiger partial charge in [-0.05, 0) is 83.0 Å². The van der Waals surface area contributed by atoms with Crippen molar-refractivity contribution >= 4 is 21.8 Å². The highest BCUT2D eigenvalue weighted by Crippen LogP contribution is 2.37. The molecule has 7 nitrogen and oxygen atoms in total. The van der Waals surface area contributed by atoms with Crippen molar-refractivity contribution in [2.45, 2.75) is 41.5 Å². The molecule has 0 radical (unpaired) electrons. The van der Waals surface area contributed by atoms with Crippen LogP contribution in [0.3, 0.4) is 0 Å². The standard InChI is InChI=1S/C30H27N7/c1-16-7-10-23-24-11-8-17(2)14-28(24)37(27(23)13-16)26-12-9-22(29-33-18(3)31-19(4)34-29)15-25(26)30-35-20(5)32-21(6)36-30/h7-15H,1-6H3. The average molecular weight is 486 g/mol. The first-order chi connectivity index (χ1) is 17.8. The van der Waals surface area contributed by atoms with Crippen LogP contribution in [0.15, 0.2) is 54.6 Å². The molecule has 3 aromatic carbocycles. The van der Waals surface area contributed by atoms with Crippen molar-refractivity contribution in [1.29, 1.82) is 0 Å². The molecule has 0 aliphatic rings. The summed E-state index contributed by atoms with van der Waals surface area (Å²) in [5.74, 6) is 4.00. The Kier molecular flexibility index (Phi) is 5.30. The molecule has 0 aliphatic heterocycles. The summed E-state index contributed by atoms with van der Waals surface area (Å²) in [4.78, 5) is 27.5. The van der Waals surface area contributed by atoms with Gasteiger partial charge in [0.2, 0.25) is 0 Å². The Morgan fingerprint density at radius 1 is 0.486 bits per heavy atom. The van der Waals surface area contributed by atoms with Gasteiger partial charge < -0.3 is 4.57 Å². The number of benzene rings is 3. The maximum Gasteiger partial charge on any atom is 0.165 e. The van der Waals surface area contributed by atoms with Crippen molar-refractivity contribution in [3.8, 4) is 28.5 Å². The molecule has 6 aromatic rings. The molecule has 0 N–H and O–H groups in total. The first-order valence-electron chi connectivity index (χ1n) is 12.3. The zero-order valence-electron chi connectivity index (χ0n) is 21.8. The molecule has 0 bridgehead atoms. The van der Waals surface area contributed by atoms with Crippen molar-refractivity contribution in [3.05, 3.63) is 89.0 Å². The summed E-state index contributed by atoms with van der Waals surface area (Å²) >= 11 is 0. The van der Waals surface area contributed by atoms with E-state index in [1.165, 1.54) is 21.9 Å². The van der Waals surface area contributed by atoms with E-state index in [1.807, 2.05) is 27.7 Å². The Morgan fingerprint density at radius 3 is 1.49 bits per heavy atom. The molecule has 3 heterocycles. The van der Waals surface area contributed by atoms with Gasteiger partial charge in [0.15, 0.2) is 11.6 Å². The van der Waals surface area contributed by atoms with E-state index in [4.69, 9.17) is 9.97 Å². The van der Waals surface area contributed by atoms with E-state index in [1.54, 1.807) is 0 Å². The fourth-order valence-corrected chi connectivity index (χ4v) is 5.03. The summed E-state index contributed by atoms with van der Waals surface area (Å²) in [6.07, 6.45) is 0. The second kappa shape index (κ2) is 8.55. The Hall–Kier alpha value is -4.52. The van der Waals surface area contributed by atoms with Crippen LogP contribution in [-0.4, -0.2) is 34.5 Å². The molecule has 182 valence electrons. The average Bonchev–Trinajstić information content (AvgIpc) is 3.14. The van der Waals surface area contributed by atoms with Crippen LogP contribution in [0.2, 0.25) is 0 Å². The number of nitrogens with zero attached hydrogens (tertiary/aromatic N) is 7. The minimum absolute atomic E-state index is 0.625. The van der Waals surface area contributed by atoms with Gasteiger partial charge in [-0.1, -0.05) is 24.3 Å². The summed E-state index contributed by atoms with van der Waals surface area (Å²) in [5, 5.41) is 2.42. The van der Waals surface area contributed by atoms with Crippen LogP contribution in [-0.2, 0) is 0 Å². The van der Waals surface area contributed by atoms with Crippen molar-refractivity contribution in [2.75, 3.05) is 0 Å². The summed E-state index contributed by atoms with van der Waals surface area (Å²) < 4.78 is 2.32. The zero-order valence-corrected chi connectivity index (χ0v) is 21.8. The SMILES string of the molecule is Cc1ccc2c3ccc(C)cc3n(-c3ccc(-c4nc(C)nc(C)n4)cc3-c3nc(C)nc(C)n3)c2c1. The van der Waals surface area contributed by atoms with Crippen molar-refractivity contribution in [3.63, 3.8) is 0 Å². The Morgan fingerprint density at radius 2 is 0.973 bits per heavy atom. The van der Waals surface area contributed by atoms with Crippen LogP contribution < -0.4 is 0 Å². The number of hydrogen-bond acceptors (Lipinski definition) is 6. The predicted molar refractivity (Wildman–Crippen MR) is 147 cm³/mol. The van der Waals surface area contributed by atoms with E-state index >= 15 is 0 Å². The van der Waals surface area contributed by atoms with Crippen molar-refractivity contribution in [1.82, 2.24) is 34.5 Å². The quantitative estimate of drug-likeness (QED) is 0.291. The second-order valence-corrected chi connectivity index (χ2v) is 9.62. The Bertz CT molecular complexity index is 1750. The molecule has 7 heteroatoms. The van der Waals surface area contributed by atoms with Gasteiger partial charge in [0, 0.05) is 21.9 Å². The van der Waals surface area contributed by atoms with Crippen LogP contribution in [0.1, 0.15) is 34.4 Å². The molecule has 0 aliphatic carbocycles. The summed E-state index contributed by atoms with van der Waals surface area (Å²) in [5.41, 5.74) is 7.46. The highest BCUT2D eigenvalue weighted by molar-refractivity contribution is 6.10. The largest absolute Gasteiger partial charge is 0.308 e. The molecule has 0 fully saturated rings. The van der Waals surface area contributed by atoms with Crippen LogP contribution >= 0.6 is 0 Å². The van der Waals surface area contributed by atoms with E-state index in [0.29, 0.717) is 34.9 Å². The lowest BCUT2D eigenvalue weighted by atomic mass is 10.1. The van der Waals surface area contributed by atoms with Crippen LogP contribution in [0, 0.1) is 41.5 Å². The van der Waals surface area contributed by atoms with Crippen molar-refractivity contribution in [2.24, 2.45) is 0 Å². The number of aromatic nitrogens is 7. The molecule has 3 aromatic heterocycles. The lowest BCUT2D eigenvalue weighted by molar-refractivity contribution is 0.924. The van der Waals surface area contributed by atoms with Gasteiger partial charge >= 0.3 is 0 Å². The third kappa shape index (κ3) is 4.02. The molecule has 0 saturated carbocycles. The summed E-state index contributed by atoms with van der Waals surface area (Å²) in [7, 11) is 0. The topological polar surface area (TPSA) is 82.3 Å². The van der Waals surface area contributed by atoms with E-state index in [9.17, 15) is 0 Å². The van der Waals surface area contributed by atoms with Gasteiger partial charge in [-0.2, -0.15) is 0 Å². The Labute approximate surface area is 215 Å². The first kappa shape index (κ1) is 22.9. The minimum atomic E-state index is 0.625. The van der Waals surface area contributed by atoms with Gasteiger partial charge in [0.25, 0.3) is 0 Å². The van der Waals surface area contributed by atoms with Gasteiger partial charge in [-0.25, -0.2) is 29.9 Å². The number of rotatable bonds is 3. The van der Waals surface area contributed by atoms with E-state index in [0.717, 1.165) is 27.8 Å². The molecular weight excluding hydrogens is 458 g/mol. The highest BCUT2D eigenvalue weighted by Gasteiger charge is 2.19. The lowest BCUT2D eigenvalue weighted by Gasteiger charge is -2.15. The molecular formula is C30H27N7. The lowest BCUT2D eigenvalue weighted by Crippen LogP contribution is -2.04. The third-order valence-corrected chi connectivity index (χ3v) is 6.53. The number of fused-ring (bicyclic) bond motifs is 3. The first-order valence-corrected chi connectivity index (χ1v) is 12.3. The molecule has 0 unspecified atom stereocenters. The highest BCUT2D eigenvalue weighted by atomic mass is 15.0. The fraction of sp³-hybridized carbons (Fsp3) is 0.200. The minimum Gasteiger partial charge on any atom is -0.308 e. The van der Waals surface area contributed by atoms with Crippen molar-refractivity contribution < 1.29 is 0 Å². The van der Waals surface area contributed by atoms with Crippen LogP contribution in [0.25, 0.3) is 50.3 Å². The third-order valence-electron chi connectivity index (χ3n) is 6.53. The number of aryl methyl sites for hydroxylation is 6. The van der Waals surface area contributed by atoms with E-state index in [2.05, 4.69) is 92.9 Å². The molecule has 0 spiro atoms. The molecule has 0 saturated heterocycles. The maximum atomic E-state index is 4.75. The van der Waals surface area contributed by atoms with E-state index < -0.39 is 0 Å². The normalized spacial score (nSPS) is 11.5. The smallest absolute Gasteiger partial charge is 0.165 e. The fourth-order valence-electron chi connectivity index (χ4n) is 5.03. The van der Waals surface area contributed by atoms with Gasteiger partial charge in [-0.3, -0.25) is 0 Å². The second-order valence-electron chi connectivity index (χ2n) is 9.62.